The molecule has 0 saturated carbocycles. The molecule has 0 radical (unpaired) electrons. The topological polar surface area (TPSA) is 67.4 Å². The SMILES string of the molecule is CNCc1csc(S(=O)(=O)NC2CC3CCC2O3)c1. The van der Waals surface area contributed by atoms with E-state index < -0.39 is 10.0 Å². The molecule has 3 heterocycles. The first-order valence-electron chi connectivity index (χ1n) is 6.48. The fourth-order valence-corrected chi connectivity index (χ4v) is 5.31. The van der Waals surface area contributed by atoms with Crippen LogP contribution in [0.3, 0.4) is 0 Å². The molecule has 3 atom stereocenters. The fourth-order valence-electron chi connectivity index (χ4n) is 2.81. The van der Waals surface area contributed by atoms with Crippen LogP contribution in [0.25, 0.3) is 0 Å². The van der Waals surface area contributed by atoms with Gasteiger partial charge in [-0.15, -0.1) is 11.3 Å². The van der Waals surface area contributed by atoms with Gasteiger partial charge in [0, 0.05) is 6.54 Å². The van der Waals surface area contributed by atoms with Crippen LogP contribution in [0.5, 0.6) is 0 Å². The van der Waals surface area contributed by atoms with E-state index in [9.17, 15) is 8.42 Å². The van der Waals surface area contributed by atoms with Crippen molar-refractivity contribution in [3.8, 4) is 0 Å². The van der Waals surface area contributed by atoms with Gasteiger partial charge in [0.15, 0.2) is 0 Å². The molecule has 106 valence electrons. The van der Waals surface area contributed by atoms with Crippen molar-refractivity contribution in [3.05, 3.63) is 17.0 Å². The van der Waals surface area contributed by atoms with Crippen molar-refractivity contribution in [2.45, 2.75) is 48.3 Å². The lowest BCUT2D eigenvalue weighted by molar-refractivity contribution is 0.0996. The highest BCUT2D eigenvalue weighted by molar-refractivity contribution is 7.91. The predicted octanol–water partition coefficient (Wildman–Crippen LogP) is 1.07. The van der Waals surface area contributed by atoms with Gasteiger partial charge in [0.1, 0.15) is 4.21 Å². The largest absolute Gasteiger partial charge is 0.373 e. The van der Waals surface area contributed by atoms with Crippen LogP contribution in [-0.4, -0.2) is 33.7 Å². The van der Waals surface area contributed by atoms with E-state index in [1.165, 1.54) is 11.3 Å². The average molecular weight is 302 g/mol. The van der Waals surface area contributed by atoms with Crippen LogP contribution in [0.1, 0.15) is 24.8 Å². The second kappa shape index (κ2) is 5.14. The molecule has 2 aliphatic heterocycles. The van der Waals surface area contributed by atoms with Gasteiger partial charge in [-0.3, -0.25) is 0 Å². The first kappa shape index (κ1) is 13.5. The summed E-state index contributed by atoms with van der Waals surface area (Å²) in [6.45, 7) is 0.684. The Labute approximate surface area is 117 Å². The number of nitrogens with one attached hydrogen (secondary N) is 2. The molecule has 0 aliphatic carbocycles. The van der Waals surface area contributed by atoms with E-state index in [2.05, 4.69) is 10.0 Å². The molecule has 0 amide bonds. The molecule has 0 aromatic carbocycles. The highest BCUT2D eigenvalue weighted by Gasteiger charge is 2.42. The Kier molecular flexibility index (Phi) is 3.65. The van der Waals surface area contributed by atoms with Crippen molar-refractivity contribution in [1.82, 2.24) is 10.0 Å². The monoisotopic (exact) mass is 302 g/mol. The van der Waals surface area contributed by atoms with Crippen LogP contribution in [-0.2, 0) is 21.3 Å². The molecule has 3 unspecified atom stereocenters. The maximum Gasteiger partial charge on any atom is 0.250 e. The van der Waals surface area contributed by atoms with Crippen molar-refractivity contribution in [2.24, 2.45) is 0 Å². The van der Waals surface area contributed by atoms with E-state index in [0.717, 1.165) is 24.8 Å². The Morgan fingerprint density at radius 3 is 2.95 bits per heavy atom. The summed E-state index contributed by atoms with van der Waals surface area (Å²) in [5.41, 5.74) is 0.997. The minimum atomic E-state index is -3.40. The lowest BCUT2D eigenvalue weighted by Crippen LogP contribution is -2.41. The second-order valence-electron chi connectivity index (χ2n) is 5.14. The van der Waals surface area contributed by atoms with Crippen molar-refractivity contribution in [1.29, 1.82) is 0 Å². The van der Waals surface area contributed by atoms with E-state index >= 15 is 0 Å². The van der Waals surface area contributed by atoms with Gasteiger partial charge in [0.2, 0.25) is 10.0 Å². The molecule has 19 heavy (non-hydrogen) atoms. The molecular formula is C12H18N2O3S2. The van der Waals surface area contributed by atoms with Gasteiger partial charge in [-0.05, 0) is 43.3 Å². The van der Waals surface area contributed by atoms with E-state index in [-0.39, 0.29) is 18.2 Å². The fraction of sp³-hybridized carbons (Fsp3) is 0.667. The highest BCUT2D eigenvalue weighted by atomic mass is 32.2. The average Bonchev–Trinajstić information content (AvgIpc) is 3.03. The van der Waals surface area contributed by atoms with Crippen LogP contribution in [0.4, 0.5) is 0 Å². The van der Waals surface area contributed by atoms with Crippen LogP contribution in [0.2, 0.25) is 0 Å². The normalized spacial score (nSPS) is 30.1. The van der Waals surface area contributed by atoms with Crippen LogP contribution in [0, 0.1) is 0 Å². The summed E-state index contributed by atoms with van der Waals surface area (Å²) in [5.74, 6) is 0. The first-order valence-corrected chi connectivity index (χ1v) is 8.84. The Balaban J connectivity index is 1.71. The Morgan fingerprint density at radius 1 is 1.47 bits per heavy atom. The number of thiophene rings is 1. The molecule has 3 rings (SSSR count). The summed E-state index contributed by atoms with van der Waals surface area (Å²) in [6.07, 6.45) is 3.15. The first-order chi connectivity index (χ1) is 9.08. The van der Waals surface area contributed by atoms with Crippen LogP contribution >= 0.6 is 11.3 Å². The molecular weight excluding hydrogens is 284 g/mol. The van der Waals surface area contributed by atoms with E-state index in [4.69, 9.17) is 4.74 Å². The predicted molar refractivity (Wildman–Crippen MR) is 73.7 cm³/mol. The van der Waals surface area contributed by atoms with Crippen molar-refractivity contribution in [3.63, 3.8) is 0 Å². The zero-order chi connectivity index (χ0) is 13.5. The van der Waals surface area contributed by atoms with Crippen LogP contribution in [0.15, 0.2) is 15.7 Å². The smallest absolute Gasteiger partial charge is 0.250 e. The standard InChI is InChI=1S/C12H18N2O3S2/c1-13-6-8-4-12(18-7-8)19(15,16)14-10-5-9-2-3-11(10)17-9/h4,7,9-11,13-14H,2-3,5-6H2,1H3. The van der Waals surface area contributed by atoms with Crippen molar-refractivity contribution < 1.29 is 13.2 Å². The van der Waals surface area contributed by atoms with Gasteiger partial charge in [-0.1, -0.05) is 0 Å². The summed E-state index contributed by atoms with van der Waals surface area (Å²) < 4.78 is 33.5. The van der Waals surface area contributed by atoms with Gasteiger partial charge >= 0.3 is 0 Å². The number of ether oxygens (including phenoxy) is 1. The summed E-state index contributed by atoms with van der Waals surface area (Å²) in [6, 6.07) is 1.68. The van der Waals surface area contributed by atoms with E-state index in [1.54, 1.807) is 6.07 Å². The Morgan fingerprint density at radius 2 is 2.32 bits per heavy atom. The molecule has 5 nitrogen and oxygen atoms in total. The number of hydrogen-bond acceptors (Lipinski definition) is 5. The lowest BCUT2D eigenvalue weighted by Gasteiger charge is -2.19. The molecule has 2 bridgehead atoms. The number of fused-ring (bicyclic) bond motifs is 2. The zero-order valence-corrected chi connectivity index (χ0v) is 12.4. The Hall–Kier alpha value is -0.470. The molecule has 2 saturated heterocycles. The van der Waals surface area contributed by atoms with Crippen molar-refractivity contribution in [2.75, 3.05) is 7.05 Å². The molecule has 2 N–H and O–H groups in total. The minimum Gasteiger partial charge on any atom is -0.373 e. The van der Waals surface area contributed by atoms with Gasteiger partial charge in [0.25, 0.3) is 0 Å². The van der Waals surface area contributed by atoms with Gasteiger partial charge < -0.3 is 10.1 Å². The quantitative estimate of drug-likeness (QED) is 0.854. The molecule has 0 spiro atoms. The third-order valence-electron chi connectivity index (χ3n) is 3.69. The zero-order valence-electron chi connectivity index (χ0n) is 10.8. The third kappa shape index (κ3) is 2.71. The summed E-state index contributed by atoms with van der Waals surface area (Å²) >= 11 is 1.27. The molecule has 2 fully saturated rings. The van der Waals surface area contributed by atoms with E-state index in [0.29, 0.717) is 10.8 Å². The van der Waals surface area contributed by atoms with Gasteiger partial charge in [-0.25, -0.2) is 13.1 Å². The second-order valence-corrected chi connectivity index (χ2v) is 7.99. The maximum absolute atomic E-state index is 12.3. The summed E-state index contributed by atoms with van der Waals surface area (Å²) in [5, 5.41) is 4.89. The Bertz CT molecular complexity index is 555. The minimum absolute atomic E-state index is 0.0569. The molecule has 1 aromatic rings. The molecule has 2 aliphatic rings. The maximum atomic E-state index is 12.3. The van der Waals surface area contributed by atoms with Crippen LogP contribution < -0.4 is 10.0 Å². The summed E-state index contributed by atoms with van der Waals surface area (Å²) in [7, 11) is -1.56. The number of hydrogen-bond donors (Lipinski definition) is 2. The van der Waals surface area contributed by atoms with Gasteiger partial charge in [-0.2, -0.15) is 0 Å². The highest BCUT2D eigenvalue weighted by Crippen LogP contribution is 2.35. The van der Waals surface area contributed by atoms with E-state index in [1.807, 2.05) is 12.4 Å². The summed E-state index contributed by atoms with van der Waals surface area (Å²) in [4.78, 5) is 0. The van der Waals surface area contributed by atoms with Gasteiger partial charge in [0.05, 0.1) is 18.2 Å². The molecule has 1 aromatic heterocycles. The number of sulfonamides is 1. The van der Waals surface area contributed by atoms with Crippen molar-refractivity contribution >= 4 is 21.4 Å². The number of rotatable bonds is 5. The molecule has 7 heteroatoms. The third-order valence-corrected chi connectivity index (χ3v) is 6.67. The lowest BCUT2D eigenvalue weighted by atomic mass is 9.96.